The SMILES string of the molecule is CCOC(=O)CNC(=O)/C=C\C(=O)N1C/C(=C\c2ccc([N+](=O)[O-])cc2)C(=O)/C(=C/c2ccc([N+](=O)[O-])cc2)C1. The van der Waals surface area contributed by atoms with Crippen molar-refractivity contribution in [2.75, 3.05) is 26.2 Å². The van der Waals surface area contributed by atoms with Crippen LogP contribution in [0.4, 0.5) is 11.4 Å². The summed E-state index contributed by atoms with van der Waals surface area (Å²) in [5, 5.41) is 24.2. The van der Waals surface area contributed by atoms with E-state index in [2.05, 4.69) is 5.32 Å². The van der Waals surface area contributed by atoms with Gasteiger partial charge in [-0.2, -0.15) is 0 Å². The van der Waals surface area contributed by atoms with Gasteiger partial charge in [-0.3, -0.25) is 39.4 Å². The molecule has 0 atom stereocenters. The van der Waals surface area contributed by atoms with Gasteiger partial charge in [-0.25, -0.2) is 0 Å². The van der Waals surface area contributed by atoms with Crippen molar-refractivity contribution < 1.29 is 33.8 Å². The molecule has 1 aliphatic heterocycles. The molecule has 2 aromatic rings. The van der Waals surface area contributed by atoms with Crippen molar-refractivity contribution in [3.63, 3.8) is 0 Å². The number of esters is 1. The number of nitrogens with zero attached hydrogens (tertiary/aromatic N) is 3. The van der Waals surface area contributed by atoms with Gasteiger partial charge in [0.05, 0.1) is 29.5 Å². The number of piperidine rings is 1. The molecule has 1 N–H and O–H groups in total. The Morgan fingerprint density at radius 3 is 1.77 bits per heavy atom. The molecule has 0 unspecified atom stereocenters. The quantitative estimate of drug-likeness (QED) is 0.213. The number of ether oxygens (including phenoxy) is 1. The molecule has 1 fully saturated rings. The minimum atomic E-state index is -0.697. The predicted molar refractivity (Wildman–Crippen MR) is 143 cm³/mol. The lowest BCUT2D eigenvalue weighted by Gasteiger charge is -2.29. The Morgan fingerprint density at radius 2 is 1.35 bits per heavy atom. The van der Waals surface area contributed by atoms with Crippen LogP contribution < -0.4 is 5.32 Å². The number of Topliss-reactive ketones (excluding diaryl/α,β-unsaturated/α-hetero) is 1. The first-order chi connectivity index (χ1) is 19.1. The molecule has 0 aliphatic carbocycles. The number of amides is 2. The number of hydrogen-bond acceptors (Lipinski definition) is 9. The molecule has 1 heterocycles. The third kappa shape index (κ3) is 8.02. The van der Waals surface area contributed by atoms with Gasteiger partial charge in [-0.1, -0.05) is 0 Å². The summed E-state index contributed by atoms with van der Waals surface area (Å²) in [4.78, 5) is 71.7. The molecular formula is C27H24N4O9. The smallest absolute Gasteiger partial charge is 0.325 e. The fraction of sp³-hybridized carbons (Fsp3) is 0.185. The molecule has 13 nitrogen and oxygen atoms in total. The summed E-state index contributed by atoms with van der Waals surface area (Å²) in [6.07, 6.45) is 4.97. The number of carbonyl (C=O) groups excluding carboxylic acids is 4. The van der Waals surface area contributed by atoms with Gasteiger partial charge in [0.2, 0.25) is 11.8 Å². The first kappa shape index (κ1) is 29.1. The van der Waals surface area contributed by atoms with Gasteiger partial charge in [0.25, 0.3) is 11.4 Å². The number of benzene rings is 2. The molecule has 1 aliphatic rings. The molecule has 40 heavy (non-hydrogen) atoms. The minimum absolute atomic E-state index is 0.110. The van der Waals surface area contributed by atoms with Crippen molar-refractivity contribution in [1.29, 1.82) is 0 Å². The van der Waals surface area contributed by atoms with Crippen molar-refractivity contribution in [2.45, 2.75) is 6.92 Å². The van der Waals surface area contributed by atoms with Crippen molar-refractivity contribution >= 4 is 47.1 Å². The lowest BCUT2D eigenvalue weighted by Crippen LogP contribution is -2.41. The highest BCUT2D eigenvalue weighted by Crippen LogP contribution is 2.24. The van der Waals surface area contributed by atoms with Gasteiger partial charge in [0.15, 0.2) is 5.78 Å². The first-order valence-corrected chi connectivity index (χ1v) is 11.9. The van der Waals surface area contributed by atoms with Gasteiger partial charge in [0, 0.05) is 47.6 Å². The highest BCUT2D eigenvalue weighted by Gasteiger charge is 2.28. The van der Waals surface area contributed by atoms with E-state index in [4.69, 9.17) is 4.74 Å². The fourth-order valence-electron chi connectivity index (χ4n) is 3.66. The molecular weight excluding hydrogens is 524 g/mol. The van der Waals surface area contributed by atoms with Gasteiger partial charge < -0.3 is 15.0 Å². The summed E-state index contributed by atoms with van der Waals surface area (Å²) >= 11 is 0. The van der Waals surface area contributed by atoms with E-state index in [1.807, 2.05) is 0 Å². The Balaban J connectivity index is 1.87. The molecule has 1 saturated heterocycles. The molecule has 0 saturated carbocycles. The van der Waals surface area contributed by atoms with Crippen LogP contribution in [0.1, 0.15) is 18.1 Å². The molecule has 3 rings (SSSR count). The topological polar surface area (TPSA) is 179 Å². The van der Waals surface area contributed by atoms with Crippen LogP contribution in [0.5, 0.6) is 0 Å². The first-order valence-electron chi connectivity index (χ1n) is 11.9. The number of hydrogen-bond donors (Lipinski definition) is 1. The number of nitro groups is 2. The maximum atomic E-state index is 13.3. The molecule has 2 amide bonds. The number of ketones is 1. The number of rotatable bonds is 9. The Bertz CT molecular complexity index is 1350. The number of likely N-dealkylation sites (tertiary alicyclic amines) is 1. The number of nitro benzene ring substituents is 2. The number of non-ortho nitro benzene ring substituents is 2. The van der Waals surface area contributed by atoms with E-state index < -0.39 is 27.6 Å². The lowest BCUT2D eigenvalue weighted by molar-refractivity contribution is -0.385. The third-order valence-electron chi connectivity index (χ3n) is 5.60. The second-order valence-corrected chi connectivity index (χ2v) is 8.42. The summed E-state index contributed by atoms with van der Waals surface area (Å²) < 4.78 is 4.72. The zero-order chi connectivity index (χ0) is 29.2. The van der Waals surface area contributed by atoms with E-state index in [9.17, 15) is 39.4 Å². The molecule has 0 spiro atoms. The largest absolute Gasteiger partial charge is 0.465 e. The Hall–Kier alpha value is -5.46. The summed E-state index contributed by atoms with van der Waals surface area (Å²) in [5.74, 6) is -2.30. The van der Waals surface area contributed by atoms with Gasteiger partial charge in [-0.15, -0.1) is 0 Å². The van der Waals surface area contributed by atoms with Crippen molar-refractivity contribution in [2.24, 2.45) is 0 Å². The second kappa shape index (κ2) is 13.4. The maximum Gasteiger partial charge on any atom is 0.325 e. The van der Waals surface area contributed by atoms with Crippen LogP contribution in [-0.4, -0.2) is 64.6 Å². The van der Waals surface area contributed by atoms with Crippen molar-refractivity contribution in [3.8, 4) is 0 Å². The number of carbonyl (C=O) groups is 4. The van der Waals surface area contributed by atoms with Crippen LogP contribution in [0.3, 0.4) is 0 Å². The lowest BCUT2D eigenvalue weighted by atomic mass is 9.94. The average Bonchev–Trinajstić information content (AvgIpc) is 2.93. The maximum absolute atomic E-state index is 13.3. The fourth-order valence-corrected chi connectivity index (χ4v) is 3.66. The van der Waals surface area contributed by atoms with Gasteiger partial charge in [-0.05, 0) is 54.5 Å². The molecule has 206 valence electrons. The van der Waals surface area contributed by atoms with Crippen molar-refractivity contribution in [1.82, 2.24) is 10.2 Å². The van der Waals surface area contributed by atoms with Crippen LogP contribution in [0, 0.1) is 20.2 Å². The van der Waals surface area contributed by atoms with Crippen LogP contribution >= 0.6 is 0 Å². The average molecular weight is 549 g/mol. The van der Waals surface area contributed by atoms with Crippen LogP contribution in [0.2, 0.25) is 0 Å². The van der Waals surface area contributed by atoms with E-state index in [-0.39, 0.29) is 54.5 Å². The van der Waals surface area contributed by atoms with Gasteiger partial charge in [0.1, 0.15) is 6.54 Å². The summed E-state index contributed by atoms with van der Waals surface area (Å²) in [7, 11) is 0. The third-order valence-corrected chi connectivity index (χ3v) is 5.60. The Kier molecular flexibility index (Phi) is 9.73. The van der Waals surface area contributed by atoms with Crippen molar-refractivity contribution in [3.05, 3.63) is 103 Å². The van der Waals surface area contributed by atoms with E-state index in [0.717, 1.165) is 12.2 Å². The van der Waals surface area contributed by atoms with E-state index in [1.165, 1.54) is 65.6 Å². The Labute approximate surface area is 227 Å². The van der Waals surface area contributed by atoms with E-state index in [0.29, 0.717) is 11.1 Å². The van der Waals surface area contributed by atoms with E-state index in [1.54, 1.807) is 6.92 Å². The zero-order valence-corrected chi connectivity index (χ0v) is 21.3. The normalized spacial score (nSPS) is 15.3. The summed E-state index contributed by atoms with van der Waals surface area (Å²) in [6, 6.07) is 11.0. The predicted octanol–water partition coefficient (Wildman–Crippen LogP) is 2.62. The van der Waals surface area contributed by atoms with E-state index >= 15 is 0 Å². The van der Waals surface area contributed by atoms with Crippen LogP contribution in [0.25, 0.3) is 12.2 Å². The molecule has 2 aromatic carbocycles. The molecule has 13 heteroatoms. The van der Waals surface area contributed by atoms with Gasteiger partial charge >= 0.3 is 5.97 Å². The highest BCUT2D eigenvalue weighted by atomic mass is 16.6. The Morgan fingerprint density at radius 1 is 0.875 bits per heavy atom. The van der Waals surface area contributed by atoms with Crippen LogP contribution in [0.15, 0.2) is 71.8 Å². The minimum Gasteiger partial charge on any atom is -0.465 e. The van der Waals surface area contributed by atoms with Crippen LogP contribution in [-0.2, 0) is 23.9 Å². The zero-order valence-electron chi connectivity index (χ0n) is 21.3. The highest BCUT2D eigenvalue weighted by molar-refractivity contribution is 6.15. The summed E-state index contributed by atoms with van der Waals surface area (Å²) in [6.45, 7) is 1.19. The number of nitrogens with one attached hydrogen (secondary N) is 1. The monoisotopic (exact) mass is 548 g/mol. The summed E-state index contributed by atoms with van der Waals surface area (Å²) in [5.41, 5.74) is 1.15. The molecule has 0 radical (unpaired) electrons. The second-order valence-electron chi connectivity index (χ2n) is 8.42. The standard InChI is InChI=1S/C27H24N4O9/c1-2-40-26(34)15-28-24(32)11-12-25(33)29-16-20(13-18-3-7-22(8-4-18)30(36)37)27(35)21(17-29)14-19-5-9-23(10-6-19)31(38)39/h3-14H,2,15-17H2,1H3,(H,28,32)/b12-11-,20-13+,21-14+. The molecule has 0 bridgehead atoms. The molecule has 0 aromatic heterocycles.